The number of rotatable bonds is 2. The van der Waals surface area contributed by atoms with Gasteiger partial charge in [0.25, 0.3) is 0 Å². The highest BCUT2D eigenvalue weighted by Crippen LogP contribution is 2.44. The second kappa shape index (κ2) is 6.03. The Bertz CT molecular complexity index is 369. The Hall–Kier alpha value is -0.590. The molecule has 0 radical (unpaired) electrons. The van der Waals surface area contributed by atoms with E-state index in [9.17, 15) is 5.26 Å². The van der Waals surface area contributed by atoms with Gasteiger partial charge in [-0.25, -0.2) is 0 Å². The lowest BCUT2D eigenvalue weighted by molar-refractivity contribution is -0.0164. The van der Waals surface area contributed by atoms with Crippen molar-refractivity contribution in [2.24, 2.45) is 23.2 Å². The highest BCUT2D eigenvalue weighted by Gasteiger charge is 2.44. The topological polar surface area (TPSA) is 30.3 Å². The van der Waals surface area contributed by atoms with E-state index >= 15 is 0 Å². The molecule has 2 heterocycles. The first kappa shape index (κ1) is 15.8. The molecule has 3 unspecified atom stereocenters. The maximum Gasteiger partial charge on any atom is 0.0659 e. The van der Waals surface area contributed by atoms with Crippen LogP contribution in [0.3, 0.4) is 0 Å². The van der Waals surface area contributed by atoms with Gasteiger partial charge in [0.1, 0.15) is 0 Å². The van der Waals surface area contributed by atoms with Crippen LogP contribution in [0.4, 0.5) is 0 Å². The number of hydrogen-bond donors (Lipinski definition) is 0. The lowest BCUT2D eigenvalue weighted by Gasteiger charge is -2.50. The van der Waals surface area contributed by atoms with Crippen LogP contribution in [0, 0.1) is 34.5 Å². The fourth-order valence-electron chi connectivity index (χ4n) is 4.10. The van der Waals surface area contributed by atoms with Crippen molar-refractivity contribution in [1.29, 1.82) is 5.26 Å². The number of nitrogens with zero attached hydrogens (tertiary/aromatic N) is 3. The van der Waals surface area contributed by atoms with Crippen LogP contribution >= 0.6 is 0 Å². The van der Waals surface area contributed by atoms with Crippen molar-refractivity contribution in [3.8, 4) is 6.07 Å². The van der Waals surface area contributed by atoms with E-state index in [1.807, 2.05) is 0 Å². The minimum Gasteiger partial charge on any atom is -0.306 e. The van der Waals surface area contributed by atoms with Crippen molar-refractivity contribution < 1.29 is 0 Å². The van der Waals surface area contributed by atoms with E-state index in [0.717, 1.165) is 26.1 Å². The molecule has 3 nitrogen and oxygen atoms in total. The van der Waals surface area contributed by atoms with E-state index in [1.165, 1.54) is 13.0 Å². The van der Waals surface area contributed by atoms with Crippen LogP contribution in [-0.2, 0) is 0 Å². The molecule has 0 aromatic rings. The van der Waals surface area contributed by atoms with Crippen LogP contribution < -0.4 is 0 Å². The summed E-state index contributed by atoms with van der Waals surface area (Å²) >= 11 is 0. The highest BCUT2D eigenvalue weighted by molar-refractivity contribution is 5.01. The third-order valence-corrected chi connectivity index (χ3v) is 5.75. The van der Waals surface area contributed by atoms with Crippen molar-refractivity contribution in [2.45, 2.75) is 46.6 Å². The molecule has 0 spiro atoms. The van der Waals surface area contributed by atoms with Crippen molar-refractivity contribution in [3.05, 3.63) is 0 Å². The Balaban J connectivity index is 2.19. The summed E-state index contributed by atoms with van der Waals surface area (Å²) in [7, 11) is 2.23. The van der Waals surface area contributed by atoms with Gasteiger partial charge in [0.15, 0.2) is 0 Å². The molecule has 2 aliphatic rings. The van der Waals surface area contributed by atoms with Gasteiger partial charge in [-0.1, -0.05) is 13.8 Å². The van der Waals surface area contributed by atoms with Crippen LogP contribution in [0.2, 0.25) is 0 Å². The zero-order chi connectivity index (χ0) is 14.9. The fraction of sp³-hybridized carbons (Fsp3) is 0.941. The van der Waals surface area contributed by atoms with Crippen LogP contribution in [0.15, 0.2) is 0 Å². The summed E-state index contributed by atoms with van der Waals surface area (Å²) in [6.45, 7) is 13.9. The van der Waals surface area contributed by atoms with E-state index in [4.69, 9.17) is 0 Å². The van der Waals surface area contributed by atoms with Crippen LogP contribution in [0.25, 0.3) is 0 Å². The lowest BCUT2D eigenvalue weighted by atomic mass is 9.63. The Labute approximate surface area is 124 Å². The normalized spacial score (nSPS) is 36.0. The van der Waals surface area contributed by atoms with Gasteiger partial charge in [0.05, 0.1) is 12.0 Å². The summed E-state index contributed by atoms with van der Waals surface area (Å²) in [5, 5.41) is 9.57. The lowest BCUT2D eigenvalue weighted by Crippen LogP contribution is -2.53. The van der Waals surface area contributed by atoms with E-state index in [-0.39, 0.29) is 5.92 Å². The first-order valence-corrected chi connectivity index (χ1v) is 8.17. The Morgan fingerprint density at radius 3 is 2.50 bits per heavy atom. The predicted molar refractivity (Wildman–Crippen MR) is 83.3 cm³/mol. The predicted octanol–water partition coefficient (Wildman–Crippen LogP) is 2.83. The van der Waals surface area contributed by atoms with Crippen LogP contribution in [-0.4, -0.2) is 49.1 Å². The van der Waals surface area contributed by atoms with Gasteiger partial charge in [-0.15, -0.1) is 0 Å². The zero-order valence-corrected chi connectivity index (χ0v) is 13.9. The Kier molecular flexibility index (Phi) is 4.76. The zero-order valence-electron chi connectivity index (χ0n) is 13.9. The summed E-state index contributed by atoms with van der Waals surface area (Å²) in [6, 6.07) is 3.22. The maximum absolute atomic E-state index is 9.57. The van der Waals surface area contributed by atoms with Crippen LogP contribution in [0.1, 0.15) is 40.5 Å². The fourth-order valence-corrected chi connectivity index (χ4v) is 4.10. The molecule has 0 aromatic carbocycles. The molecule has 0 bridgehead atoms. The molecule has 0 N–H and O–H groups in total. The minimum atomic E-state index is 0.251. The molecule has 114 valence electrons. The molecule has 2 fully saturated rings. The molecule has 3 atom stereocenters. The second-order valence-corrected chi connectivity index (χ2v) is 7.88. The molecule has 0 amide bonds. The third-order valence-electron chi connectivity index (χ3n) is 5.75. The summed E-state index contributed by atoms with van der Waals surface area (Å²) in [5.41, 5.74) is 0.367. The monoisotopic (exact) mass is 277 g/mol. The highest BCUT2D eigenvalue weighted by atomic mass is 15.2. The second-order valence-electron chi connectivity index (χ2n) is 7.88. The number of likely N-dealkylation sites (tertiary alicyclic amines) is 2. The van der Waals surface area contributed by atoms with Crippen molar-refractivity contribution in [2.75, 3.05) is 33.2 Å². The number of nitriles is 1. The average Bonchev–Trinajstić information content (AvgIpc) is 2.40. The molecule has 2 aliphatic heterocycles. The number of hydrogen-bond acceptors (Lipinski definition) is 3. The van der Waals surface area contributed by atoms with Gasteiger partial charge in [0, 0.05) is 19.1 Å². The van der Waals surface area contributed by atoms with Gasteiger partial charge in [-0.05, 0) is 64.1 Å². The molecule has 0 saturated carbocycles. The van der Waals surface area contributed by atoms with E-state index < -0.39 is 0 Å². The van der Waals surface area contributed by atoms with E-state index in [0.29, 0.717) is 23.3 Å². The molecule has 3 heteroatoms. The molecule has 20 heavy (non-hydrogen) atoms. The van der Waals surface area contributed by atoms with Gasteiger partial charge in [-0.3, -0.25) is 0 Å². The molecule has 0 aliphatic carbocycles. The number of piperidine rings is 2. The molecular weight excluding hydrogens is 246 g/mol. The largest absolute Gasteiger partial charge is 0.306 e. The maximum atomic E-state index is 9.57. The first-order chi connectivity index (χ1) is 9.35. The summed E-state index contributed by atoms with van der Waals surface area (Å²) < 4.78 is 0. The molecule has 2 saturated heterocycles. The average molecular weight is 277 g/mol. The van der Waals surface area contributed by atoms with Crippen molar-refractivity contribution in [3.63, 3.8) is 0 Å². The standard InChI is InChI=1S/C17H31N3/c1-13(2)20-8-6-14(10-18)15(11-20)16-12-19(5)9-7-17(16,3)4/h13-16H,6-9,11-12H2,1-5H3. The molecular formula is C17H31N3. The van der Waals surface area contributed by atoms with E-state index in [2.05, 4.69) is 50.6 Å². The van der Waals surface area contributed by atoms with Crippen LogP contribution in [0.5, 0.6) is 0 Å². The first-order valence-electron chi connectivity index (χ1n) is 8.17. The summed E-state index contributed by atoms with van der Waals surface area (Å²) in [5.74, 6) is 1.43. The molecule has 0 aromatic heterocycles. The summed E-state index contributed by atoms with van der Waals surface area (Å²) in [6.07, 6.45) is 2.31. The minimum absolute atomic E-state index is 0.251. The Morgan fingerprint density at radius 1 is 1.20 bits per heavy atom. The molecule has 2 rings (SSSR count). The van der Waals surface area contributed by atoms with Crippen molar-refractivity contribution in [1.82, 2.24) is 9.80 Å². The quantitative estimate of drug-likeness (QED) is 0.777. The SMILES string of the molecule is CC(C)N1CCC(C#N)C(C2CN(C)CCC2(C)C)C1. The van der Waals surface area contributed by atoms with Crippen molar-refractivity contribution >= 4 is 0 Å². The third kappa shape index (κ3) is 3.18. The van der Waals surface area contributed by atoms with E-state index in [1.54, 1.807) is 0 Å². The van der Waals surface area contributed by atoms with Gasteiger partial charge < -0.3 is 9.80 Å². The smallest absolute Gasteiger partial charge is 0.0659 e. The van der Waals surface area contributed by atoms with Gasteiger partial charge in [-0.2, -0.15) is 5.26 Å². The Morgan fingerprint density at radius 2 is 1.90 bits per heavy atom. The summed E-state index contributed by atoms with van der Waals surface area (Å²) in [4.78, 5) is 5.03. The van der Waals surface area contributed by atoms with Gasteiger partial charge >= 0.3 is 0 Å². The van der Waals surface area contributed by atoms with Gasteiger partial charge in [0.2, 0.25) is 0 Å².